The Morgan fingerprint density at radius 1 is 1.19 bits per heavy atom. The lowest BCUT2D eigenvalue weighted by atomic mass is 9.94. The molecule has 1 saturated carbocycles. The molecule has 6 nitrogen and oxygen atoms in total. The first kappa shape index (κ1) is 19.5. The molecule has 144 valence electrons. The average Bonchev–Trinajstić information content (AvgIpc) is 3.45. The Bertz CT molecular complexity index is 930. The van der Waals surface area contributed by atoms with Crippen molar-refractivity contribution in [1.82, 2.24) is 4.72 Å². The number of nitrogens with one attached hydrogen (secondary N) is 2. The minimum Gasteiger partial charge on any atom is -0.326 e. The molecule has 0 aliphatic heterocycles. The topological polar surface area (TPSA) is 101 Å². The molecule has 4 N–H and O–H groups in total. The van der Waals surface area contributed by atoms with Crippen LogP contribution in [0.15, 0.2) is 53.4 Å². The standard InChI is InChI=1S/C19H22FN3O3S/c1-12(18(21)13-5-3-2-4-6-13)19(24)22-15-9-10-16(20)17(11-15)27(25,26)23-14-7-8-14/h2-6,9-12,14,18,23H,7-8,21H2,1H3,(H,22,24). The lowest BCUT2D eigenvalue weighted by Gasteiger charge is -2.20. The quantitative estimate of drug-likeness (QED) is 0.675. The van der Waals surface area contributed by atoms with Crippen molar-refractivity contribution in [3.05, 3.63) is 59.9 Å². The third-order valence-electron chi connectivity index (χ3n) is 4.52. The summed E-state index contributed by atoms with van der Waals surface area (Å²) in [5.74, 6) is -1.81. The molecular weight excluding hydrogens is 369 g/mol. The molecule has 2 unspecified atom stereocenters. The van der Waals surface area contributed by atoms with Crippen LogP contribution in [0.1, 0.15) is 31.4 Å². The predicted octanol–water partition coefficient (Wildman–Crippen LogP) is 2.54. The van der Waals surface area contributed by atoms with E-state index < -0.39 is 32.7 Å². The van der Waals surface area contributed by atoms with E-state index in [0.29, 0.717) is 0 Å². The molecule has 1 aliphatic rings. The molecule has 1 fully saturated rings. The molecule has 0 aromatic heterocycles. The van der Waals surface area contributed by atoms with Crippen molar-refractivity contribution in [2.75, 3.05) is 5.32 Å². The molecule has 2 aromatic carbocycles. The van der Waals surface area contributed by atoms with Crippen LogP contribution in [0, 0.1) is 11.7 Å². The van der Waals surface area contributed by atoms with E-state index in [0.717, 1.165) is 30.5 Å². The van der Waals surface area contributed by atoms with Crippen molar-refractivity contribution in [3.8, 4) is 0 Å². The maximum absolute atomic E-state index is 14.0. The van der Waals surface area contributed by atoms with Gasteiger partial charge in [0.15, 0.2) is 0 Å². The van der Waals surface area contributed by atoms with Gasteiger partial charge < -0.3 is 11.1 Å². The zero-order valence-corrected chi connectivity index (χ0v) is 15.7. The first-order valence-electron chi connectivity index (χ1n) is 8.71. The van der Waals surface area contributed by atoms with E-state index >= 15 is 0 Å². The van der Waals surface area contributed by atoms with E-state index in [4.69, 9.17) is 5.73 Å². The van der Waals surface area contributed by atoms with Crippen LogP contribution in [0.3, 0.4) is 0 Å². The molecule has 8 heteroatoms. The van der Waals surface area contributed by atoms with Crippen molar-refractivity contribution in [2.24, 2.45) is 11.7 Å². The van der Waals surface area contributed by atoms with Gasteiger partial charge in [0.1, 0.15) is 10.7 Å². The number of carbonyl (C=O) groups is 1. The monoisotopic (exact) mass is 391 g/mol. The van der Waals surface area contributed by atoms with Gasteiger partial charge in [-0.25, -0.2) is 17.5 Å². The normalized spacial score (nSPS) is 16.6. The van der Waals surface area contributed by atoms with Gasteiger partial charge in [0.2, 0.25) is 15.9 Å². The number of rotatable bonds is 7. The fourth-order valence-corrected chi connectivity index (χ4v) is 4.06. The second kappa shape index (κ2) is 7.75. The van der Waals surface area contributed by atoms with Crippen molar-refractivity contribution >= 4 is 21.6 Å². The SMILES string of the molecule is CC(C(=O)Nc1ccc(F)c(S(=O)(=O)NC2CC2)c1)C(N)c1ccccc1. The van der Waals surface area contributed by atoms with E-state index in [9.17, 15) is 17.6 Å². The van der Waals surface area contributed by atoms with E-state index in [1.807, 2.05) is 30.3 Å². The minimum absolute atomic E-state index is 0.142. The Hall–Kier alpha value is -2.29. The lowest BCUT2D eigenvalue weighted by molar-refractivity contribution is -0.120. The molecule has 3 rings (SSSR count). The summed E-state index contributed by atoms with van der Waals surface area (Å²) in [5.41, 5.74) is 7.17. The van der Waals surface area contributed by atoms with Crippen LogP contribution in [-0.4, -0.2) is 20.4 Å². The Balaban J connectivity index is 1.75. The number of amides is 1. The number of hydrogen-bond donors (Lipinski definition) is 3. The van der Waals surface area contributed by atoms with Gasteiger partial charge in [0.05, 0.1) is 5.92 Å². The second-order valence-electron chi connectivity index (χ2n) is 6.76. The maximum Gasteiger partial charge on any atom is 0.243 e. The van der Waals surface area contributed by atoms with Crippen LogP contribution in [0.2, 0.25) is 0 Å². The highest BCUT2D eigenvalue weighted by Gasteiger charge is 2.30. The smallest absolute Gasteiger partial charge is 0.243 e. The minimum atomic E-state index is -3.97. The van der Waals surface area contributed by atoms with Gasteiger partial charge in [-0.2, -0.15) is 0 Å². The van der Waals surface area contributed by atoms with Crippen molar-refractivity contribution < 1.29 is 17.6 Å². The number of hydrogen-bond acceptors (Lipinski definition) is 4. The average molecular weight is 391 g/mol. The molecule has 0 spiro atoms. The Labute approximate surface area is 158 Å². The fourth-order valence-electron chi connectivity index (χ4n) is 2.65. The summed E-state index contributed by atoms with van der Waals surface area (Å²) in [6.07, 6.45) is 1.48. The van der Waals surface area contributed by atoms with E-state index in [1.54, 1.807) is 6.92 Å². The predicted molar refractivity (Wildman–Crippen MR) is 101 cm³/mol. The number of benzene rings is 2. The van der Waals surface area contributed by atoms with Gasteiger partial charge in [0, 0.05) is 17.8 Å². The molecule has 1 amide bonds. The van der Waals surface area contributed by atoms with Crippen molar-refractivity contribution in [3.63, 3.8) is 0 Å². The van der Waals surface area contributed by atoms with Crippen LogP contribution < -0.4 is 15.8 Å². The van der Waals surface area contributed by atoms with Gasteiger partial charge in [-0.05, 0) is 36.6 Å². The van der Waals surface area contributed by atoms with Gasteiger partial charge in [-0.15, -0.1) is 0 Å². The maximum atomic E-state index is 14.0. The Kier molecular flexibility index (Phi) is 5.59. The summed E-state index contributed by atoms with van der Waals surface area (Å²) >= 11 is 0. The third kappa shape index (κ3) is 4.71. The van der Waals surface area contributed by atoms with E-state index in [1.165, 1.54) is 6.07 Å². The van der Waals surface area contributed by atoms with Crippen LogP contribution >= 0.6 is 0 Å². The first-order chi connectivity index (χ1) is 12.8. The highest BCUT2D eigenvalue weighted by atomic mass is 32.2. The molecule has 27 heavy (non-hydrogen) atoms. The molecule has 2 atom stereocenters. The summed E-state index contributed by atoms with van der Waals surface area (Å²) in [4.78, 5) is 12.0. The zero-order valence-electron chi connectivity index (χ0n) is 14.9. The lowest BCUT2D eigenvalue weighted by Crippen LogP contribution is -2.31. The highest BCUT2D eigenvalue weighted by Crippen LogP contribution is 2.26. The van der Waals surface area contributed by atoms with Gasteiger partial charge in [-0.3, -0.25) is 4.79 Å². The molecule has 1 aliphatic carbocycles. The fraction of sp³-hybridized carbons (Fsp3) is 0.316. The Morgan fingerprint density at radius 2 is 1.85 bits per heavy atom. The van der Waals surface area contributed by atoms with Crippen LogP contribution in [-0.2, 0) is 14.8 Å². The van der Waals surface area contributed by atoms with Crippen LogP contribution in [0.4, 0.5) is 10.1 Å². The van der Waals surface area contributed by atoms with Crippen LogP contribution in [0.5, 0.6) is 0 Å². The third-order valence-corrected chi connectivity index (χ3v) is 6.06. The van der Waals surface area contributed by atoms with E-state index in [-0.39, 0.29) is 17.6 Å². The van der Waals surface area contributed by atoms with Crippen molar-refractivity contribution in [1.29, 1.82) is 0 Å². The molecule has 0 radical (unpaired) electrons. The summed E-state index contributed by atoms with van der Waals surface area (Å²) in [6.45, 7) is 1.68. The summed E-state index contributed by atoms with van der Waals surface area (Å²) in [7, 11) is -3.97. The number of halogens is 1. The largest absolute Gasteiger partial charge is 0.326 e. The molecular formula is C19H22FN3O3S. The number of nitrogens with two attached hydrogens (primary N) is 1. The number of anilines is 1. The molecule has 2 aromatic rings. The summed E-state index contributed by atoms with van der Waals surface area (Å²) in [5, 5.41) is 2.62. The highest BCUT2D eigenvalue weighted by molar-refractivity contribution is 7.89. The van der Waals surface area contributed by atoms with Crippen molar-refractivity contribution in [2.45, 2.75) is 36.7 Å². The second-order valence-corrected chi connectivity index (χ2v) is 8.44. The van der Waals surface area contributed by atoms with Gasteiger partial charge in [-0.1, -0.05) is 37.3 Å². The number of sulfonamides is 1. The molecule has 0 saturated heterocycles. The van der Waals surface area contributed by atoms with Crippen LogP contribution in [0.25, 0.3) is 0 Å². The summed E-state index contributed by atoms with van der Waals surface area (Å²) in [6, 6.07) is 12.0. The van der Waals surface area contributed by atoms with Gasteiger partial charge in [0.25, 0.3) is 0 Å². The summed E-state index contributed by atoms with van der Waals surface area (Å²) < 4.78 is 41.0. The van der Waals surface area contributed by atoms with E-state index in [2.05, 4.69) is 10.0 Å². The molecule has 0 bridgehead atoms. The Morgan fingerprint density at radius 3 is 2.48 bits per heavy atom. The first-order valence-corrected chi connectivity index (χ1v) is 10.2. The molecule has 0 heterocycles. The number of carbonyl (C=O) groups excluding carboxylic acids is 1. The van der Waals surface area contributed by atoms with Gasteiger partial charge >= 0.3 is 0 Å². The zero-order chi connectivity index (χ0) is 19.6.